The Morgan fingerprint density at radius 2 is 1.96 bits per heavy atom. The number of hydrogen-bond donors (Lipinski definition) is 1. The standard InChI is InChI=1S/C19H25FN2O3/c20-15-8-6-14(7-9-15)10-11-21-18(23)16-4-1-2-12-22(16)19(24)17-5-3-13-25-17/h6-9,16-17H,1-5,10-13H2,(H,21,23)/t16-,17-/m1/s1. The zero-order chi connectivity index (χ0) is 17.6. The first-order chi connectivity index (χ1) is 12.1. The Kier molecular flexibility index (Phi) is 6.02. The molecule has 1 aromatic rings. The van der Waals surface area contributed by atoms with Crippen LogP contribution >= 0.6 is 0 Å². The van der Waals surface area contributed by atoms with Gasteiger partial charge in [0.05, 0.1) is 0 Å². The summed E-state index contributed by atoms with van der Waals surface area (Å²) >= 11 is 0. The van der Waals surface area contributed by atoms with Crippen molar-refractivity contribution in [3.8, 4) is 0 Å². The van der Waals surface area contributed by atoms with Crippen LogP contribution in [-0.4, -0.2) is 48.6 Å². The highest BCUT2D eigenvalue weighted by Gasteiger charge is 2.36. The van der Waals surface area contributed by atoms with E-state index in [1.165, 1.54) is 12.1 Å². The molecule has 1 aromatic carbocycles. The van der Waals surface area contributed by atoms with E-state index < -0.39 is 6.04 Å². The molecule has 2 saturated heterocycles. The van der Waals surface area contributed by atoms with E-state index in [0.717, 1.165) is 31.2 Å². The minimum atomic E-state index is -0.404. The van der Waals surface area contributed by atoms with Crippen molar-refractivity contribution in [1.82, 2.24) is 10.2 Å². The zero-order valence-corrected chi connectivity index (χ0v) is 14.4. The molecule has 6 heteroatoms. The van der Waals surface area contributed by atoms with Crippen LogP contribution in [0.2, 0.25) is 0 Å². The number of halogens is 1. The van der Waals surface area contributed by atoms with Gasteiger partial charge in [-0.15, -0.1) is 0 Å². The SMILES string of the molecule is O=C(NCCc1ccc(F)cc1)[C@H]1CCCCN1C(=O)[C@H]1CCCO1. The molecule has 2 aliphatic rings. The normalized spacial score (nSPS) is 23.5. The highest BCUT2D eigenvalue weighted by Crippen LogP contribution is 2.22. The van der Waals surface area contributed by atoms with E-state index in [4.69, 9.17) is 4.74 Å². The molecule has 2 aliphatic heterocycles. The number of amides is 2. The highest BCUT2D eigenvalue weighted by molar-refractivity contribution is 5.89. The Hall–Kier alpha value is -1.95. The Balaban J connectivity index is 1.53. The molecule has 0 saturated carbocycles. The molecular weight excluding hydrogens is 323 g/mol. The fraction of sp³-hybridized carbons (Fsp3) is 0.579. The van der Waals surface area contributed by atoms with E-state index in [1.54, 1.807) is 17.0 Å². The van der Waals surface area contributed by atoms with Crippen LogP contribution in [0.25, 0.3) is 0 Å². The summed E-state index contributed by atoms with van der Waals surface area (Å²) in [6.07, 6.45) is 4.47. The average molecular weight is 348 g/mol. The van der Waals surface area contributed by atoms with Crippen molar-refractivity contribution in [2.45, 2.75) is 50.7 Å². The second-order valence-corrected chi connectivity index (χ2v) is 6.71. The molecule has 0 radical (unpaired) electrons. The average Bonchev–Trinajstić information content (AvgIpc) is 3.17. The molecule has 3 rings (SSSR count). The van der Waals surface area contributed by atoms with Crippen LogP contribution in [0, 0.1) is 5.82 Å². The molecule has 0 aromatic heterocycles. The lowest BCUT2D eigenvalue weighted by molar-refractivity contribution is -0.149. The van der Waals surface area contributed by atoms with Gasteiger partial charge in [-0.3, -0.25) is 9.59 Å². The zero-order valence-electron chi connectivity index (χ0n) is 14.4. The molecule has 0 bridgehead atoms. The largest absolute Gasteiger partial charge is 0.368 e. The lowest BCUT2D eigenvalue weighted by Gasteiger charge is -2.36. The summed E-state index contributed by atoms with van der Waals surface area (Å²) in [7, 11) is 0. The Bertz CT molecular complexity index is 599. The van der Waals surface area contributed by atoms with E-state index in [2.05, 4.69) is 5.32 Å². The summed E-state index contributed by atoms with van der Waals surface area (Å²) in [5.41, 5.74) is 0.970. The number of rotatable bonds is 5. The van der Waals surface area contributed by atoms with Gasteiger partial charge >= 0.3 is 0 Å². The van der Waals surface area contributed by atoms with Gasteiger partial charge in [-0.25, -0.2) is 4.39 Å². The second kappa shape index (κ2) is 8.43. The van der Waals surface area contributed by atoms with E-state index in [1.807, 2.05) is 0 Å². The summed E-state index contributed by atoms with van der Waals surface area (Å²) in [4.78, 5) is 26.9. The van der Waals surface area contributed by atoms with Gasteiger partial charge in [0.2, 0.25) is 5.91 Å². The van der Waals surface area contributed by atoms with Crippen LogP contribution in [-0.2, 0) is 20.7 Å². The van der Waals surface area contributed by atoms with E-state index in [-0.39, 0.29) is 23.7 Å². The van der Waals surface area contributed by atoms with Gasteiger partial charge in [-0.1, -0.05) is 12.1 Å². The van der Waals surface area contributed by atoms with Crippen LogP contribution in [0.5, 0.6) is 0 Å². The number of piperidine rings is 1. The molecule has 5 nitrogen and oxygen atoms in total. The van der Waals surface area contributed by atoms with Crippen molar-refractivity contribution in [3.05, 3.63) is 35.6 Å². The van der Waals surface area contributed by atoms with Gasteiger partial charge in [0.1, 0.15) is 18.0 Å². The molecule has 136 valence electrons. The molecule has 2 amide bonds. The minimum absolute atomic E-state index is 0.0455. The van der Waals surface area contributed by atoms with Crippen LogP contribution in [0.3, 0.4) is 0 Å². The predicted octanol–water partition coefficient (Wildman–Crippen LogP) is 2.04. The smallest absolute Gasteiger partial charge is 0.252 e. The third kappa shape index (κ3) is 4.57. The van der Waals surface area contributed by atoms with Crippen molar-refractivity contribution in [3.63, 3.8) is 0 Å². The second-order valence-electron chi connectivity index (χ2n) is 6.71. The number of nitrogens with one attached hydrogen (secondary N) is 1. The Morgan fingerprint density at radius 3 is 2.68 bits per heavy atom. The van der Waals surface area contributed by atoms with Crippen LogP contribution < -0.4 is 5.32 Å². The fourth-order valence-corrected chi connectivity index (χ4v) is 3.52. The van der Waals surface area contributed by atoms with Crippen molar-refractivity contribution in [2.24, 2.45) is 0 Å². The first-order valence-electron chi connectivity index (χ1n) is 9.09. The Morgan fingerprint density at radius 1 is 1.16 bits per heavy atom. The van der Waals surface area contributed by atoms with Crippen molar-refractivity contribution in [1.29, 1.82) is 0 Å². The van der Waals surface area contributed by atoms with Crippen LogP contribution in [0.4, 0.5) is 4.39 Å². The maximum Gasteiger partial charge on any atom is 0.252 e. The molecule has 25 heavy (non-hydrogen) atoms. The molecule has 2 atom stereocenters. The summed E-state index contributed by atoms with van der Waals surface area (Å²) in [5.74, 6) is -0.415. The van der Waals surface area contributed by atoms with Crippen molar-refractivity contribution in [2.75, 3.05) is 19.7 Å². The first kappa shape index (κ1) is 17.9. The molecule has 0 unspecified atom stereocenters. The first-order valence-corrected chi connectivity index (χ1v) is 9.09. The van der Waals surface area contributed by atoms with Crippen LogP contribution in [0.15, 0.2) is 24.3 Å². The quantitative estimate of drug-likeness (QED) is 0.886. The van der Waals surface area contributed by atoms with Gasteiger partial charge < -0.3 is 15.0 Å². The number of nitrogens with zero attached hydrogens (tertiary/aromatic N) is 1. The predicted molar refractivity (Wildman–Crippen MR) is 91.4 cm³/mol. The molecule has 0 aliphatic carbocycles. The summed E-state index contributed by atoms with van der Waals surface area (Å²) in [5, 5.41) is 2.92. The summed E-state index contributed by atoms with van der Waals surface area (Å²) in [6.45, 7) is 1.72. The topological polar surface area (TPSA) is 58.6 Å². The van der Waals surface area contributed by atoms with Crippen LogP contribution in [0.1, 0.15) is 37.7 Å². The minimum Gasteiger partial charge on any atom is -0.368 e. The van der Waals surface area contributed by atoms with Gasteiger partial charge in [-0.05, 0) is 56.2 Å². The number of benzene rings is 1. The van der Waals surface area contributed by atoms with Gasteiger partial charge in [-0.2, -0.15) is 0 Å². The van der Waals surface area contributed by atoms with Gasteiger partial charge in [0, 0.05) is 19.7 Å². The summed E-state index contributed by atoms with van der Waals surface area (Å²) in [6, 6.07) is 5.87. The fourth-order valence-electron chi connectivity index (χ4n) is 3.52. The van der Waals surface area contributed by atoms with E-state index >= 15 is 0 Å². The lowest BCUT2D eigenvalue weighted by atomic mass is 10.00. The van der Waals surface area contributed by atoms with Gasteiger partial charge in [0.15, 0.2) is 0 Å². The van der Waals surface area contributed by atoms with Gasteiger partial charge in [0.25, 0.3) is 5.91 Å². The maximum absolute atomic E-state index is 12.9. The monoisotopic (exact) mass is 348 g/mol. The third-order valence-corrected chi connectivity index (χ3v) is 4.92. The highest BCUT2D eigenvalue weighted by atomic mass is 19.1. The number of likely N-dealkylation sites (tertiary alicyclic amines) is 1. The number of hydrogen-bond acceptors (Lipinski definition) is 3. The van der Waals surface area contributed by atoms with Crippen molar-refractivity contribution < 1.29 is 18.7 Å². The maximum atomic E-state index is 12.9. The number of ether oxygens (including phenoxy) is 1. The molecular formula is C19H25FN2O3. The molecule has 0 spiro atoms. The Labute approximate surface area is 147 Å². The lowest BCUT2D eigenvalue weighted by Crippen LogP contribution is -2.54. The third-order valence-electron chi connectivity index (χ3n) is 4.92. The number of carbonyl (C=O) groups excluding carboxylic acids is 2. The number of carbonyl (C=O) groups is 2. The molecule has 2 heterocycles. The summed E-state index contributed by atoms with van der Waals surface area (Å²) < 4.78 is 18.4. The van der Waals surface area contributed by atoms with Crippen molar-refractivity contribution >= 4 is 11.8 Å². The molecule has 2 fully saturated rings. The molecule has 1 N–H and O–H groups in total. The van der Waals surface area contributed by atoms with E-state index in [0.29, 0.717) is 32.5 Å². The van der Waals surface area contributed by atoms with E-state index in [9.17, 15) is 14.0 Å².